The van der Waals surface area contributed by atoms with Crippen molar-refractivity contribution in [2.24, 2.45) is 0 Å². The lowest BCUT2D eigenvalue weighted by atomic mass is 10.2. The number of carbonyl (C=O) groups is 2. The van der Waals surface area contributed by atoms with Crippen LogP contribution in [0.5, 0.6) is 0 Å². The lowest BCUT2D eigenvalue weighted by Crippen LogP contribution is -2.44. The molecule has 1 heterocycles. The van der Waals surface area contributed by atoms with Crippen molar-refractivity contribution < 1.29 is 14.3 Å². The number of nitrogens with one attached hydrogen (secondary N) is 2. The number of aromatic nitrogens is 2. The highest BCUT2D eigenvalue weighted by Gasteiger charge is 2.08. The van der Waals surface area contributed by atoms with Crippen molar-refractivity contribution in [2.75, 3.05) is 6.61 Å². The van der Waals surface area contributed by atoms with Gasteiger partial charge in [-0.05, 0) is 25.5 Å². The molecule has 0 saturated carbocycles. The van der Waals surface area contributed by atoms with Crippen molar-refractivity contribution in [1.29, 1.82) is 0 Å². The molecule has 7 heteroatoms. The molecule has 1 aromatic heterocycles. The third-order valence-corrected chi connectivity index (χ3v) is 3.08. The van der Waals surface area contributed by atoms with Gasteiger partial charge in [-0.25, -0.2) is 0 Å². The van der Waals surface area contributed by atoms with E-state index in [2.05, 4.69) is 16.0 Å². The first-order chi connectivity index (χ1) is 11.0. The van der Waals surface area contributed by atoms with E-state index in [1.165, 1.54) is 0 Å². The summed E-state index contributed by atoms with van der Waals surface area (Å²) < 4.78 is 6.85. The van der Waals surface area contributed by atoms with Gasteiger partial charge in [0.2, 0.25) is 0 Å². The summed E-state index contributed by atoms with van der Waals surface area (Å²) in [7, 11) is 0. The Bertz CT molecular complexity index is 667. The Labute approximate surface area is 134 Å². The van der Waals surface area contributed by atoms with Crippen LogP contribution in [0.2, 0.25) is 0 Å². The fourth-order valence-electron chi connectivity index (χ4n) is 2.02. The van der Waals surface area contributed by atoms with Crippen LogP contribution in [-0.2, 0) is 27.5 Å². The summed E-state index contributed by atoms with van der Waals surface area (Å²) in [6, 6.07) is 11.4. The number of hydrogen-bond donors (Lipinski definition) is 2. The van der Waals surface area contributed by atoms with Gasteiger partial charge in [-0.3, -0.25) is 25.1 Å². The van der Waals surface area contributed by atoms with Crippen LogP contribution in [0.1, 0.15) is 17.0 Å². The van der Waals surface area contributed by atoms with Crippen LogP contribution in [-0.4, -0.2) is 28.2 Å². The van der Waals surface area contributed by atoms with E-state index in [1.54, 1.807) is 4.68 Å². The molecule has 2 N–H and O–H groups in total. The third kappa shape index (κ3) is 5.55. The van der Waals surface area contributed by atoms with E-state index < -0.39 is 5.91 Å². The fraction of sp³-hybridized carbons (Fsp3) is 0.312. The highest BCUT2D eigenvalue weighted by molar-refractivity contribution is 5.82. The van der Waals surface area contributed by atoms with Crippen LogP contribution in [0.25, 0.3) is 0 Å². The predicted molar refractivity (Wildman–Crippen MR) is 84.1 cm³/mol. The molecule has 0 radical (unpaired) electrons. The molecule has 7 nitrogen and oxygen atoms in total. The predicted octanol–water partition coefficient (Wildman–Crippen LogP) is 0.864. The first kappa shape index (κ1) is 16.7. The van der Waals surface area contributed by atoms with Gasteiger partial charge in [0.15, 0.2) is 0 Å². The first-order valence-electron chi connectivity index (χ1n) is 7.25. The zero-order valence-electron chi connectivity index (χ0n) is 13.2. The third-order valence-electron chi connectivity index (χ3n) is 3.08. The molecule has 2 rings (SSSR count). The molecular weight excluding hydrogens is 296 g/mol. The maximum absolute atomic E-state index is 11.7. The van der Waals surface area contributed by atoms with Gasteiger partial charge in [0.05, 0.1) is 12.3 Å². The summed E-state index contributed by atoms with van der Waals surface area (Å²) in [6.07, 6.45) is 0. The van der Waals surface area contributed by atoms with Crippen molar-refractivity contribution in [3.8, 4) is 0 Å². The normalized spacial score (nSPS) is 10.3. The Balaban J connectivity index is 1.65. The summed E-state index contributed by atoms with van der Waals surface area (Å²) in [5.41, 5.74) is 7.35. The largest absolute Gasteiger partial charge is 0.367 e. The number of aryl methyl sites for hydroxylation is 2. The average molecular weight is 316 g/mol. The summed E-state index contributed by atoms with van der Waals surface area (Å²) in [4.78, 5) is 23.3. The van der Waals surface area contributed by atoms with E-state index >= 15 is 0 Å². The Kier molecular flexibility index (Phi) is 5.87. The molecule has 0 aliphatic rings. The van der Waals surface area contributed by atoms with Crippen LogP contribution in [0.4, 0.5) is 0 Å². The second-order valence-corrected chi connectivity index (χ2v) is 5.16. The summed E-state index contributed by atoms with van der Waals surface area (Å²) in [5, 5.41) is 4.18. The molecule has 1 aromatic carbocycles. The molecular formula is C16H20N4O3. The van der Waals surface area contributed by atoms with Gasteiger partial charge in [-0.2, -0.15) is 5.10 Å². The molecule has 0 unspecified atom stereocenters. The lowest BCUT2D eigenvalue weighted by molar-refractivity contribution is -0.132. The van der Waals surface area contributed by atoms with Crippen molar-refractivity contribution in [1.82, 2.24) is 20.6 Å². The highest BCUT2D eigenvalue weighted by atomic mass is 16.5. The minimum absolute atomic E-state index is 0.0465. The number of hydrazine groups is 1. The van der Waals surface area contributed by atoms with Gasteiger partial charge in [0, 0.05) is 5.69 Å². The van der Waals surface area contributed by atoms with Crippen molar-refractivity contribution >= 4 is 11.8 Å². The lowest BCUT2D eigenvalue weighted by Gasteiger charge is -2.09. The number of carbonyl (C=O) groups excluding carboxylic acids is 2. The molecule has 0 spiro atoms. The molecule has 122 valence electrons. The van der Waals surface area contributed by atoms with Gasteiger partial charge in [-0.15, -0.1) is 0 Å². The number of rotatable bonds is 6. The molecule has 23 heavy (non-hydrogen) atoms. The van der Waals surface area contributed by atoms with Crippen molar-refractivity contribution in [3.05, 3.63) is 53.3 Å². The number of amides is 2. The fourth-order valence-corrected chi connectivity index (χ4v) is 2.02. The first-order valence-corrected chi connectivity index (χ1v) is 7.25. The van der Waals surface area contributed by atoms with E-state index in [0.29, 0.717) is 6.61 Å². The molecule has 2 amide bonds. The molecule has 0 aliphatic heterocycles. The Morgan fingerprint density at radius 1 is 1.13 bits per heavy atom. The van der Waals surface area contributed by atoms with E-state index in [4.69, 9.17) is 4.74 Å². The molecule has 0 saturated heterocycles. The maximum atomic E-state index is 11.7. The maximum Gasteiger partial charge on any atom is 0.264 e. The SMILES string of the molecule is Cc1cc(C)n(CC(=O)NNC(=O)COCc2ccccc2)n1. The van der Waals surface area contributed by atoms with Gasteiger partial charge < -0.3 is 4.74 Å². The Morgan fingerprint density at radius 3 is 2.48 bits per heavy atom. The molecule has 0 fully saturated rings. The molecule has 0 aliphatic carbocycles. The van der Waals surface area contributed by atoms with Crippen LogP contribution in [0.3, 0.4) is 0 Å². The number of hydrogen-bond acceptors (Lipinski definition) is 4. The van der Waals surface area contributed by atoms with Gasteiger partial charge in [0.1, 0.15) is 13.2 Å². The monoisotopic (exact) mass is 316 g/mol. The van der Waals surface area contributed by atoms with Crippen LogP contribution in [0, 0.1) is 13.8 Å². The smallest absolute Gasteiger partial charge is 0.264 e. The minimum atomic E-state index is -0.414. The summed E-state index contributed by atoms with van der Waals surface area (Å²) in [5.74, 6) is -0.768. The van der Waals surface area contributed by atoms with Crippen LogP contribution in [0.15, 0.2) is 36.4 Å². The molecule has 0 bridgehead atoms. The second kappa shape index (κ2) is 8.09. The van der Waals surface area contributed by atoms with E-state index in [9.17, 15) is 9.59 Å². The summed E-state index contributed by atoms with van der Waals surface area (Å²) >= 11 is 0. The molecule has 2 aromatic rings. The van der Waals surface area contributed by atoms with Crippen LogP contribution >= 0.6 is 0 Å². The number of nitrogens with zero attached hydrogens (tertiary/aromatic N) is 2. The van der Waals surface area contributed by atoms with Crippen LogP contribution < -0.4 is 10.9 Å². The van der Waals surface area contributed by atoms with Gasteiger partial charge >= 0.3 is 0 Å². The topological polar surface area (TPSA) is 85.2 Å². The standard InChI is InChI=1S/C16H20N4O3/c1-12-8-13(2)20(19-12)9-15(21)17-18-16(22)11-23-10-14-6-4-3-5-7-14/h3-8H,9-11H2,1-2H3,(H,17,21)(H,18,22). The van der Waals surface area contributed by atoms with Crippen molar-refractivity contribution in [3.63, 3.8) is 0 Å². The minimum Gasteiger partial charge on any atom is -0.367 e. The van der Waals surface area contributed by atoms with E-state index in [1.807, 2.05) is 50.2 Å². The highest BCUT2D eigenvalue weighted by Crippen LogP contribution is 2.01. The Hall–Kier alpha value is -2.67. The second-order valence-electron chi connectivity index (χ2n) is 5.16. The van der Waals surface area contributed by atoms with Crippen molar-refractivity contribution in [2.45, 2.75) is 27.0 Å². The number of benzene rings is 1. The molecule has 0 atom stereocenters. The number of ether oxygens (including phenoxy) is 1. The Morgan fingerprint density at radius 2 is 1.83 bits per heavy atom. The summed E-state index contributed by atoms with van der Waals surface area (Å²) in [6.45, 7) is 3.98. The quantitative estimate of drug-likeness (QED) is 0.774. The average Bonchev–Trinajstić information content (AvgIpc) is 2.84. The zero-order valence-corrected chi connectivity index (χ0v) is 13.2. The van der Waals surface area contributed by atoms with E-state index in [0.717, 1.165) is 17.0 Å². The zero-order chi connectivity index (χ0) is 16.7. The van der Waals surface area contributed by atoms with Gasteiger partial charge in [0.25, 0.3) is 11.8 Å². The van der Waals surface area contributed by atoms with Gasteiger partial charge in [-0.1, -0.05) is 30.3 Å². The van der Waals surface area contributed by atoms with E-state index in [-0.39, 0.29) is 19.1 Å².